The molecule has 5 heteroatoms. The molecule has 4 nitrogen and oxygen atoms in total. The minimum absolute atomic E-state index is 0.135. The fourth-order valence-electron chi connectivity index (χ4n) is 2.69. The molecule has 0 atom stereocenters. The number of nitrogens with zero attached hydrogens (tertiary/aromatic N) is 1. The van der Waals surface area contributed by atoms with Crippen molar-refractivity contribution in [2.45, 2.75) is 31.7 Å². The van der Waals surface area contributed by atoms with Crippen LogP contribution in [0.2, 0.25) is 0 Å². The fourth-order valence-corrected chi connectivity index (χ4v) is 3.07. The van der Waals surface area contributed by atoms with E-state index in [1.165, 1.54) is 25.7 Å². The van der Waals surface area contributed by atoms with Gasteiger partial charge in [0.05, 0.1) is 5.69 Å². The Balaban J connectivity index is 1.71. The number of halogens is 1. The summed E-state index contributed by atoms with van der Waals surface area (Å²) < 4.78 is 0.863. The fraction of sp³-hybridized carbons (Fsp3) is 0.294. The zero-order valence-electron chi connectivity index (χ0n) is 12.2. The van der Waals surface area contributed by atoms with Gasteiger partial charge in [-0.2, -0.15) is 0 Å². The number of amides is 1. The normalized spacial score (nSPS) is 14.8. The highest BCUT2D eigenvalue weighted by Crippen LogP contribution is 2.23. The zero-order chi connectivity index (χ0) is 15.4. The van der Waals surface area contributed by atoms with Crippen molar-refractivity contribution in [2.24, 2.45) is 0 Å². The van der Waals surface area contributed by atoms with Gasteiger partial charge in [-0.15, -0.1) is 0 Å². The second-order valence-electron chi connectivity index (χ2n) is 5.49. The molecule has 2 aromatic rings. The first-order chi connectivity index (χ1) is 10.7. The molecular weight excluding hydrogens is 342 g/mol. The van der Waals surface area contributed by atoms with Gasteiger partial charge in [-0.3, -0.25) is 4.79 Å². The van der Waals surface area contributed by atoms with Gasteiger partial charge >= 0.3 is 0 Å². The molecule has 0 spiro atoms. The van der Waals surface area contributed by atoms with Crippen LogP contribution in [0.5, 0.6) is 0 Å². The highest BCUT2D eigenvalue weighted by atomic mass is 79.9. The van der Waals surface area contributed by atoms with Crippen LogP contribution in [-0.2, 0) is 0 Å². The van der Waals surface area contributed by atoms with E-state index in [2.05, 4.69) is 31.5 Å². The van der Waals surface area contributed by atoms with E-state index in [9.17, 15) is 4.79 Å². The molecule has 0 aliphatic heterocycles. The van der Waals surface area contributed by atoms with Gasteiger partial charge in [0.2, 0.25) is 0 Å². The van der Waals surface area contributed by atoms with E-state index in [4.69, 9.17) is 0 Å². The van der Waals surface area contributed by atoms with Crippen LogP contribution >= 0.6 is 15.9 Å². The molecule has 1 amide bonds. The van der Waals surface area contributed by atoms with Gasteiger partial charge in [-0.1, -0.05) is 25.0 Å². The molecule has 0 radical (unpaired) electrons. The summed E-state index contributed by atoms with van der Waals surface area (Å²) in [5.41, 5.74) is 1.36. The zero-order valence-corrected chi connectivity index (χ0v) is 13.8. The molecule has 1 heterocycles. The number of carbonyl (C=O) groups excluding carboxylic acids is 1. The van der Waals surface area contributed by atoms with Crippen molar-refractivity contribution in [3.8, 4) is 0 Å². The highest BCUT2D eigenvalue weighted by Gasteiger charge is 2.16. The summed E-state index contributed by atoms with van der Waals surface area (Å²) >= 11 is 3.43. The van der Waals surface area contributed by atoms with Gasteiger partial charge in [0.1, 0.15) is 5.82 Å². The monoisotopic (exact) mass is 359 g/mol. The summed E-state index contributed by atoms with van der Waals surface area (Å²) in [7, 11) is 0. The molecule has 1 saturated carbocycles. The molecule has 1 aliphatic carbocycles. The number of rotatable bonds is 4. The first-order valence-corrected chi connectivity index (χ1v) is 8.30. The van der Waals surface area contributed by atoms with Gasteiger partial charge in [0.25, 0.3) is 5.91 Å². The number of hydrogen-bond acceptors (Lipinski definition) is 3. The van der Waals surface area contributed by atoms with Crippen molar-refractivity contribution in [2.75, 3.05) is 10.6 Å². The lowest BCUT2D eigenvalue weighted by atomic mass is 10.2. The van der Waals surface area contributed by atoms with Gasteiger partial charge in [0.15, 0.2) is 0 Å². The summed E-state index contributed by atoms with van der Waals surface area (Å²) in [5, 5.41) is 6.32. The molecule has 1 aromatic heterocycles. The molecule has 2 N–H and O–H groups in total. The predicted molar refractivity (Wildman–Crippen MR) is 92.2 cm³/mol. The lowest BCUT2D eigenvalue weighted by molar-refractivity contribution is 0.102. The average molecular weight is 360 g/mol. The van der Waals surface area contributed by atoms with Crippen molar-refractivity contribution in [3.63, 3.8) is 0 Å². The smallest absolute Gasteiger partial charge is 0.255 e. The largest absolute Gasteiger partial charge is 0.367 e. The van der Waals surface area contributed by atoms with Crippen LogP contribution < -0.4 is 10.6 Å². The summed E-state index contributed by atoms with van der Waals surface area (Å²) in [6, 6.07) is 11.6. The van der Waals surface area contributed by atoms with E-state index < -0.39 is 0 Å². The van der Waals surface area contributed by atoms with Gasteiger partial charge in [0, 0.05) is 22.3 Å². The van der Waals surface area contributed by atoms with Crippen LogP contribution in [0.4, 0.5) is 11.5 Å². The number of anilines is 2. The van der Waals surface area contributed by atoms with Gasteiger partial charge in [-0.05, 0) is 53.0 Å². The SMILES string of the molecule is O=C(Nc1ccccc1Br)c1ccnc(NC2CCCC2)c1. The van der Waals surface area contributed by atoms with E-state index in [-0.39, 0.29) is 5.91 Å². The van der Waals surface area contributed by atoms with E-state index in [0.717, 1.165) is 16.0 Å². The molecule has 0 bridgehead atoms. The average Bonchev–Trinajstić information content (AvgIpc) is 3.03. The Bertz CT molecular complexity index is 668. The van der Waals surface area contributed by atoms with Gasteiger partial charge < -0.3 is 10.6 Å². The Morgan fingerprint density at radius 3 is 2.73 bits per heavy atom. The molecule has 0 saturated heterocycles. The number of aromatic nitrogens is 1. The van der Waals surface area contributed by atoms with Crippen LogP contribution in [-0.4, -0.2) is 16.9 Å². The number of pyridine rings is 1. The van der Waals surface area contributed by atoms with Crippen molar-refractivity contribution >= 4 is 33.3 Å². The third-order valence-electron chi connectivity index (χ3n) is 3.85. The minimum atomic E-state index is -0.135. The van der Waals surface area contributed by atoms with Crippen LogP contribution in [0.15, 0.2) is 47.1 Å². The highest BCUT2D eigenvalue weighted by molar-refractivity contribution is 9.10. The van der Waals surface area contributed by atoms with E-state index in [0.29, 0.717) is 11.6 Å². The second-order valence-corrected chi connectivity index (χ2v) is 6.34. The Hall–Kier alpha value is -1.88. The van der Waals surface area contributed by atoms with Crippen molar-refractivity contribution in [3.05, 3.63) is 52.6 Å². The topological polar surface area (TPSA) is 54.0 Å². The number of nitrogens with one attached hydrogen (secondary N) is 2. The quantitative estimate of drug-likeness (QED) is 0.847. The first kappa shape index (κ1) is 15.0. The Kier molecular flexibility index (Phi) is 4.73. The summed E-state index contributed by atoms with van der Waals surface area (Å²) in [6.45, 7) is 0. The minimum Gasteiger partial charge on any atom is -0.367 e. The molecular formula is C17H18BrN3O. The molecule has 0 unspecified atom stereocenters. The standard InChI is InChI=1S/C17H18BrN3O/c18-14-7-3-4-8-15(14)21-17(22)12-9-10-19-16(11-12)20-13-5-1-2-6-13/h3-4,7-11,13H,1-2,5-6H2,(H,19,20)(H,21,22). The number of para-hydroxylation sites is 1. The molecule has 22 heavy (non-hydrogen) atoms. The number of hydrogen-bond donors (Lipinski definition) is 2. The van der Waals surface area contributed by atoms with E-state index in [1.54, 1.807) is 12.3 Å². The summed E-state index contributed by atoms with van der Waals surface area (Å²) in [6.07, 6.45) is 6.55. The van der Waals surface area contributed by atoms with Crippen LogP contribution in [0.3, 0.4) is 0 Å². The third-order valence-corrected chi connectivity index (χ3v) is 4.54. The lowest BCUT2D eigenvalue weighted by Gasteiger charge is -2.13. The van der Waals surface area contributed by atoms with Gasteiger partial charge in [-0.25, -0.2) is 4.98 Å². The maximum atomic E-state index is 12.4. The Labute approximate surface area is 138 Å². The predicted octanol–water partition coefficient (Wildman–Crippen LogP) is 4.45. The maximum absolute atomic E-state index is 12.4. The van der Waals surface area contributed by atoms with Crippen molar-refractivity contribution < 1.29 is 4.79 Å². The van der Waals surface area contributed by atoms with Crippen LogP contribution in [0.1, 0.15) is 36.0 Å². The maximum Gasteiger partial charge on any atom is 0.255 e. The van der Waals surface area contributed by atoms with Crippen molar-refractivity contribution in [1.29, 1.82) is 0 Å². The van der Waals surface area contributed by atoms with E-state index in [1.807, 2.05) is 30.3 Å². The first-order valence-electron chi connectivity index (χ1n) is 7.51. The van der Waals surface area contributed by atoms with Crippen molar-refractivity contribution in [1.82, 2.24) is 4.98 Å². The summed E-state index contributed by atoms with van der Waals surface area (Å²) in [5.74, 6) is 0.635. The number of carbonyl (C=O) groups is 1. The van der Waals surface area contributed by atoms with Crippen LogP contribution in [0.25, 0.3) is 0 Å². The Morgan fingerprint density at radius 2 is 1.95 bits per heavy atom. The Morgan fingerprint density at radius 1 is 1.18 bits per heavy atom. The molecule has 1 aromatic carbocycles. The molecule has 1 fully saturated rings. The summed E-state index contributed by atoms with van der Waals surface area (Å²) in [4.78, 5) is 16.7. The molecule has 114 valence electrons. The second kappa shape index (κ2) is 6.92. The molecule has 3 rings (SSSR count). The molecule has 1 aliphatic rings. The third kappa shape index (κ3) is 3.65. The lowest BCUT2D eigenvalue weighted by Crippen LogP contribution is -2.17. The van der Waals surface area contributed by atoms with Crippen LogP contribution in [0, 0.1) is 0 Å². The van der Waals surface area contributed by atoms with E-state index >= 15 is 0 Å². The number of benzene rings is 1.